The molecule has 0 aromatic rings. The standard InChI is InChI=1S/C13H18O3/c14-13(16-12-3-1-2-6-15-12)11-8-9-4-5-10(11)7-9/h4-5,9-12H,1-3,6-8H2/t9-,10+,11?,12?/m0/s1. The second-order valence-corrected chi connectivity index (χ2v) is 5.12. The van der Waals surface area contributed by atoms with Gasteiger partial charge in [0.25, 0.3) is 0 Å². The van der Waals surface area contributed by atoms with E-state index in [1.165, 1.54) is 0 Å². The highest BCUT2D eigenvalue weighted by molar-refractivity contribution is 5.74. The molecule has 0 aromatic heterocycles. The van der Waals surface area contributed by atoms with Gasteiger partial charge < -0.3 is 9.47 Å². The summed E-state index contributed by atoms with van der Waals surface area (Å²) in [6.45, 7) is 0.731. The van der Waals surface area contributed by atoms with Gasteiger partial charge in [0.2, 0.25) is 6.29 Å². The van der Waals surface area contributed by atoms with E-state index in [1.807, 2.05) is 0 Å². The zero-order valence-electron chi connectivity index (χ0n) is 9.43. The van der Waals surface area contributed by atoms with E-state index in [-0.39, 0.29) is 18.2 Å². The maximum Gasteiger partial charge on any atom is 0.311 e. The normalized spacial score (nSPS) is 41.2. The van der Waals surface area contributed by atoms with Crippen LogP contribution in [0.3, 0.4) is 0 Å². The Bertz CT molecular complexity index is 304. The van der Waals surface area contributed by atoms with Crippen LogP contribution in [0.1, 0.15) is 32.1 Å². The molecule has 88 valence electrons. The molecule has 0 N–H and O–H groups in total. The first-order valence-electron chi connectivity index (χ1n) is 6.33. The lowest BCUT2D eigenvalue weighted by atomic mass is 9.94. The number of carbonyl (C=O) groups excluding carboxylic acids is 1. The van der Waals surface area contributed by atoms with E-state index in [2.05, 4.69) is 12.2 Å². The first-order chi connectivity index (χ1) is 7.83. The van der Waals surface area contributed by atoms with Crippen LogP contribution in [0.2, 0.25) is 0 Å². The Balaban J connectivity index is 1.55. The summed E-state index contributed by atoms with van der Waals surface area (Å²) < 4.78 is 10.9. The van der Waals surface area contributed by atoms with Crippen molar-refractivity contribution in [3.05, 3.63) is 12.2 Å². The Hall–Kier alpha value is -0.830. The van der Waals surface area contributed by atoms with Gasteiger partial charge in [-0.15, -0.1) is 0 Å². The Labute approximate surface area is 95.8 Å². The van der Waals surface area contributed by atoms with Crippen molar-refractivity contribution in [2.75, 3.05) is 6.61 Å². The monoisotopic (exact) mass is 222 g/mol. The highest BCUT2D eigenvalue weighted by atomic mass is 16.7. The van der Waals surface area contributed by atoms with Crippen molar-refractivity contribution in [1.82, 2.24) is 0 Å². The van der Waals surface area contributed by atoms with Crippen LogP contribution in [0.15, 0.2) is 12.2 Å². The molecule has 0 spiro atoms. The molecule has 0 amide bonds. The van der Waals surface area contributed by atoms with E-state index >= 15 is 0 Å². The van der Waals surface area contributed by atoms with Gasteiger partial charge in [-0.2, -0.15) is 0 Å². The lowest BCUT2D eigenvalue weighted by molar-refractivity contribution is -0.191. The molecule has 3 rings (SSSR count). The van der Waals surface area contributed by atoms with E-state index in [1.54, 1.807) is 0 Å². The quantitative estimate of drug-likeness (QED) is 0.531. The van der Waals surface area contributed by atoms with Crippen LogP contribution in [-0.4, -0.2) is 18.9 Å². The van der Waals surface area contributed by atoms with Crippen molar-refractivity contribution in [1.29, 1.82) is 0 Å². The maximum atomic E-state index is 12.0. The Morgan fingerprint density at radius 1 is 1.25 bits per heavy atom. The van der Waals surface area contributed by atoms with E-state index in [9.17, 15) is 4.79 Å². The molecule has 3 nitrogen and oxygen atoms in total. The molecule has 3 aliphatic rings. The van der Waals surface area contributed by atoms with Gasteiger partial charge in [-0.1, -0.05) is 12.2 Å². The molecule has 16 heavy (non-hydrogen) atoms. The minimum absolute atomic E-state index is 0.0382. The number of carbonyl (C=O) groups is 1. The van der Waals surface area contributed by atoms with Gasteiger partial charge in [-0.25, -0.2) is 0 Å². The first-order valence-corrected chi connectivity index (χ1v) is 6.33. The minimum atomic E-state index is -0.274. The summed E-state index contributed by atoms with van der Waals surface area (Å²) in [5.74, 6) is 1.11. The molecule has 2 fully saturated rings. The van der Waals surface area contributed by atoms with Crippen molar-refractivity contribution in [2.45, 2.75) is 38.4 Å². The van der Waals surface area contributed by atoms with E-state index in [0.717, 1.165) is 38.7 Å². The average Bonchev–Trinajstić information content (AvgIpc) is 2.92. The fourth-order valence-corrected chi connectivity index (χ4v) is 3.07. The molecular weight excluding hydrogens is 204 g/mol. The lowest BCUT2D eigenvalue weighted by Gasteiger charge is -2.25. The molecular formula is C13H18O3. The highest BCUT2D eigenvalue weighted by Gasteiger charge is 2.41. The van der Waals surface area contributed by atoms with Gasteiger partial charge in [0.15, 0.2) is 0 Å². The number of ether oxygens (including phenoxy) is 2. The summed E-state index contributed by atoms with van der Waals surface area (Å²) >= 11 is 0. The molecule has 1 aliphatic heterocycles. The fraction of sp³-hybridized carbons (Fsp3) is 0.769. The molecule has 2 bridgehead atoms. The summed E-state index contributed by atoms with van der Waals surface area (Å²) in [6, 6.07) is 0. The third-order valence-electron chi connectivity index (χ3n) is 3.97. The predicted molar refractivity (Wildman–Crippen MR) is 58.5 cm³/mol. The maximum absolute atomic E-state index is 12.0. The molecule has 4 atom stereocenters. The second-order valence-electron chi connectivity index (χ2n) is 5.12. The van der Waals surface area contributed by atoms with Gasteiger partial charge in [-0.05, 0) is 37.5 Å². The van der Waals surface area contributed by atoms with Crippen LogP contribution >= 0.6 is 0 Å². The highest BCUT2D eigenvalue weighted by Crippen LogP contribution is 2.44. The predicted octanol–water partition coefficient (Wildman–Crippen LogP) is 2.27. The largest absolute Gasteiger partial charge is 0.436 e. The summed E-state index contributed by atoms with van der Waals surface area (Å²) in [6.07, 6.45) is 9.33. The zero-order chi connectivity index (χ0) is 11.0. The number of esters is 1. The molecule has 0 aromatic carbocycles. The second kappa shape index (κ2) is 4.21. The minimum Gasteiger partial charge on any atom is -0.436 e. The number of rotatable bonds is 2. The molecule has 1 saturated carbocycles. The Morgan fingerprint density at radius 2 is 2.19 bits per heavy atom. The van der Waals surface area contributed by atoms with E-state index in [4.69, 9.17) is 9.47 Å². The van der Waals surface area contributed by atoms with E-state index < -0.39 is 0 Å². The SMILES string of the molecule is O=C(OC1CCCCO1)C1C[C@H]2C=C[C@@H]1C2. The Kier molecular flexibility index (Phi) is 2.72. The molecule has 1 saturated heterocycles. The van der Waals surface area contributed by atoms with Crippen molar-refractivity contribution in [3.8, 4) is 0 Å². The summed E-state index contributed by atoms with van der Waals surface area (Å²) in [5.41, 5.74) is 0. The van der Waals surface area contributed by atoms with Crippen molar-refractivity contribution < 1.29 is 14.3 Å². The molecule has 0 radical (unpaired) electrons. The molecule has 1 heterocycles. The first kappa shape index (κ1) is 10.3. The van der Waals surface area contributed by atoms with Crippen LogP contribution in [0.4, 0.5) is 0 Å². The van der Waals surface area contributed by atoms with Crippen LogP contribution in [0.25, 0.3) is 0 Å². The van der Waals surface area contributed by atoms with Gasteiger partial charge >= 0.3 is 5.97 Å². The van der Waals surface area contributed by atoms with Gasteiger partial charge in [0, 0.05) is 6.42 Å². The number of hydrogen-bond acceptors (Lipinski definition) is 3. The average molecular weight is 222 g/mol. The third-order valence-corrected chi connectivity index (χ3v) is 3.97. The van der Waals surface area contributed by atoms with Crippen LogP contribution in [0.5, 0.6) is 0 Å². The summed E-state index contributed by atoms with van der Waals surface area (Å²) in [4.78, 5) is 12.0. The van der Waals surface area contributed by atoms with Gasteiger partial charge in [0.05, 0.1) is 12.5 Å². The van der Waals surface area contributed by atoms with Crippen molar-refractivity contribution in [2.24, 2.45) is 17.8 Å². The topological polar surface area (TPSA) is 35.5 Å². The van der Waals surface area contributed by atoms with Crippen LogP contribution in [0, 0.1) is 17.8 Å². The number of hydrogen-bond donors (Lipinski definition) is 0. The van der Waals surface area contributed by atoms with Crippen molar-refractivity contribution in [3.63, 3.8) is 0 Å². The fourth-order valence-electron chi connectivity index (χ4n) is 3.07. The number of fused-ring (bicyclic) bond motifs is 2. The van der Waals surface area contributed by atoms with Gasteiger partial charge in [0.1, 0.15) is 0 Å². The summed E-state index contributed by atoms with van der Waals surface area (Å²) in [5, 5.41) is 0. The Morgan fingerprint density at radius 3 is 2.81 bits per heavy atom. The molecule has 2 aliphatic carbocycles. The molecule has 3 heteroatoms. The van der Waals surface area contributed by atoms with Crippen molar-refractivity contribution >= 4 is 5.97 Å². The smallest absolute Gasteiger partial charge is 0.311 e. The summed E-state index contributed by atoms with van der Waals surface area (Å²) in [7, 11) is 0. The van der Waals surface area contributed by atoms with Crippen LogP contribution in [-0.2, 0) is 14.3 Å². The van der Waals surface area contributed by atoms with Crippen LogP contribution < -0.4 is 0 Å². The lowest BCUT2D eigenvalue weighted by Crippen LogP contribution is -2.30. The van der Waals surface area contributed by atoms with E-state index in [0.29, 0.717) is 11.8 Å². The zero-order valence-corrected chi connectivity index (χ0v) is 9.43. The molecule has 2 unspecified atom stereocenters. The number of allylic oxidation sites excluding steroid dienone is 2. The van der Waals surface area contributed by atoms with Gasteiger partial charge in [-0.3, -0.25) is 4.79 Å². The third kappa shape index (κ3) is 1.88.